The van der Waals surface area contributed by atoms with Crippen molar-refractivity contribution in [3.8, 4) is 22.5 Å². The van der Waals surface area contributed by atoms with Gasteiger partial charge < -0.3 is 14.0 Å². The normalized spacial score (nSPS) is 11.6. The van der Waals surface area contributed by atoms with Gasteiger partial charge in [-0.25, -0.2) is 0 Å². The SMILES string of the molecule is c1ccc(-n2c3ccccc3c3cc(-c4ccc(N(c5ccc6c(c5)c5ccccc5n6-c5ccccc5)c5cccc6ccccc56)cc4)ccc32)cc1. The van der Waals surface area contributed by atoms with Gasteiger partial charge in [0.05, 0.1) is 27.8 Å². The Morgan fingerprint density at radius 3 is 1.42 bits per heavy atom. The van der Waals surface area contributed by atoms with Crippen molar-refractivity contribution in [3.05, 3.63) is 212 Å². The highest BCUT2D eigenvalue weighted by Gasteiger charge is 2.19. The minimum atomic E-state index is 1.10. The molecule has 2 heterocycles. The van der Waals surface area contributed by atoms with Crippen LogP contribution < -0.4 is 4.90 Å². The van der Waals surface area contributed by atoms with Crippen molar-refractivity contribution in [1.29, 1.82) is 0 Å². The molecule has 258 valence electrons. The molecule has 0 bridgehead atoms. The molecule has 0 unspecified atom stereocenters. The summed E-state index contributed by atoms with van der Waals surface area (Å²) in [6.45, 7) is 0. The highest BCUT2D eigenvalue weighted by Crippen LogP contribution is 2.43. The van der Waals surface area contributed by atoms with Gasteiger partial charge >= 0.3 is 0 Å². The summed E-state index contributed by atoms with van der Waals surface area (Å²) < 4.78 is 4.74. The number of fused-ring (bicyclic) bond motifs is 7. The van der Waals surface area contributed by atoms with Crippen LogP contribution in [0.2, 0.25) is 0 Å². The second-order valence-electron chi connectivity index (χ2n) is 14.2. The number of benzene rings is 9. The number of anilines is 3. The zero-order valence-electron chi connectivity index (χ0n) is 30.0. The lowest BCUT2D eigenvalue weighted by Gasteiger charge is -2.27. The van der Waals surface area contributed by atoms with Gasteiger partial charge in [0.25, 0.3) is 0 Å². The highest BCUT2D eigenvalue weighted by molar-refractivity contribution is 6.12. The average Bonchev–Trinajstić information content (AvgIpc) is 3.77. The summed E-state index contributed by atoms with van der Waals surface area (Å²) in [4.78, 5) is 2.41. The Labute approximate surface area is 319 Å². The van der Waals surface area contributed by atoms with E-state index in [1.165, 1.54) is 71.2 Å². The second-order valence-corrected chi connectivity index (χ2v) is 14.2. The van der Waals surface area contributed by atoms with Gasteiger partial charge in [0.15, 0.2) is 0 Å². The van der Waals surface area contributed by atoms with Crippen molar-refractivity contribution >= 4 is 71.4 Å². The molecule has 0 fully saturated rings. The van der Waals surface area contributed by atoms with Crippen molar-refractivity contribution in [3.63, 3.8) is 0 Å². The van der Waals surface area contributed by atoms with Crippen molar-refractivity contribution in [2.45, 2.75) is 0 Å². The third kappa shape index (κ3) is 5.05. The fourth-order valence-corrected chi connectivity index (χ4v) is 8.60. The van der Waals surface area contributed by atoms with E-state index in [1.807, 2.05) is 0 Å². The molecule has 3 nitrogen and oxygen atoms in total. The summed E-state index contributed by atoms with van der Waals surface area (Å²) in [5.74, 6) is 0. The first-order chi connectivity index (χ1) is 27.3. The number of nitrogens with zero attached hydrogens (tertiary/aromatic N) is 3. The summed E-state index contributed by atoms with van der Waals surface area (Å²) in [6, 6.07) is 76.9. The van der Waals surface area contributed by atoms with E-state index in [4.69, 9.17) is 0 Å². The van der Waals surface area contributed by atoms with E-state index < -0.39 is 0 Å². The van der Waals surface area contributed by atoms with Crippen LogP contribution in [0.15, 0.2) is 212 Å². The Balaban J connectivity index is 1.07. The molecule has 3 heteroatoms. The molecule has 2 aromatic heterocycles. The van der Waals surface area contributed by atoms with Crippen LogP contribution in [0.4, 0.5) is 17.1 Å². The van der Waals surface area contributed by atoms with Crippen molar-refractivity contribution in [2.75, 3.05) is 4.90 Å². The predicted octanol–water partition coefficient (Wildman–Crippen LogP) is 14.2. The molecule has 55 heavy (non-hydrogen) atoms. The van der Waals surface area contributed by atoms with Crippen LogP contribution in [0.1, 0.15) is 0 Å². The first kappa shape index (κ1) is 31.2. The minimum absolute atomic E-state index is 1.10. The maximum Gasteiger partial charge on any atom is 0.0542 e. The second kappa shape index (κ2) is 12.6. The quantitative estimate of drug-likeness (QED) is 0.168. The largest absolute Gasteiger partial charge is 0.310 e. The molecule has 0 aliphatic carbocycles. The fourth-order valence-electron chi connectivity index (χ4n) is 8.60. The first-order valence-electron chi connectivity index (χ1n) is 18.9. The van der Waals surface area contributed by atoms with Gasteiger partial charge in [-0.2, -0.15) is 0 Å². The zero-order chi connectivity index (χ0) is 36.3. The lowest BCUT2D eigenvalue weighted by molar-refractivity contribution is 1.18. The van der Waals surface area contributed by atoms with Gasteiger partial charge in [-0.15, -0.1) is 0 Å². The van der Waals surface area contributed by atoms with E-state index in [2.05, 4.69) is 226 Å². The van der Waals surface area contributed by atoms with Crippen LogP contribution in [0.25, 0.3) is 76.9 Å². The molecule has 0 aliphatic rings. The summed E-state index contributed by atoms with van der Waals surface area (Å²) in [7, 11) is 0. The molecule has 0 amide bonds. The summed E-state index contributed by atoms with van der Waals surface area (Å²) in [5, 5.41) is 7.39. The van der Waals surface area contributed by atoms with Gasteiger partial charge in [0, 0.05) is 49.7 Å². The lowest BCUT2D eigenvalue weighted by Crippen LogP contribution is -2.10. The number of hydrogen-bond acceptors (Lipinski definition) is 1. The van der Waals surface area contributed by atoms with E-state index in [-0.39, 0.29) is 0 Å². The Morgan fingerprint density at radius 1 is 0.291 bits per heavy atom. The van der Waals surface area contributed by atoms with Crippen LogP contribution in [-0.2, 0) is 0 Å². The molecule has 0 saturated carbocycles. The van der Waals surface area contributed by atoms with E-state index in [0.717, 1.165) is 22.7 Å². The van der Waals surface area contributed by atoms with Crippen molar-refractivity contribution < 1.29 is 0 Å². The standard InChI is InChI=1S/C52H35N3/c1-3-16-39(17-4-1)54-49-23-11-9-21-44(49)46-34-38(28-32-51(46)54)36-26-29-41(30-27-36)53(48-25-13-15-37-14-7-8-20-43(37)48)42-31-33-52-47(35-42)45-22-10-12-24-50(45)55(52)40-18-5-2-6-19-40/h1-35H. The Hall–Kier alpha value is -7.36. The molecular weight excluding hydrogens is 667 g/mol. The van der Waals surface area contributed by atoms with Gasteiger partial charge in [0.1, 0.15) is 0 Å². The van der Waals surface area contributed by atoms with E-state index in [0.29, 0.717) is 0 Å². The Bertz CT molecular complexity index is 3180. The molecule has 11 rings (SSSR count). The summed E-state index contributed by atoms with van der Waals surface area (Å²) >= 11 is 0. The number of para-hydroxylation sites is 4. The van der Waals surface area contributed by atoms with E-state index >= 15 is 0 Å². The molecule has 0 spiro atoms. The van der Waals surface area contributed by atoms with Gasteiger partial charge in [0.2, 0.25) is 0 Å². The molecule has 11 aromatic rings. The zero-order valence-corrected chi connectivity index (χ0v) is 30.0. The maximum atomic E-state index is 2.41. The van der Waals surface area contributed by atoms with Crippen LogP contribution in [0.5, 0.6) is 0 Å². The Morgan fingerprint density at radius 2 is 0.764 bits per heavy atom. The Kier molecular flexibility index (Phi) is 7.17. The number of hydrogen-bond donors (Lipinski definition) is 0. The minimum Gasteiger partial charge on any atom is -0.310 e. The van der Waals surface area contributed by atoms with Gasteiger partial charge in [-0.3, -0.25) is 0 Å². The monoisotopic (exact) mass is 701 g/mol. The predicted molar refractivity (Wildman–Crippen MR) is 233 cm³/mol. The molecule has 0 atom stereocenters. The molecule has 9 aromatic carbocycles. The van der Waals surface area contributed by atoms with Crippen LogP contribution in [0.3, 0.4) is 0 Å². The first-order valence-corrected chi connectivity index (χ1v) is 18.9. The highest BCUT2D eigenvalue weighted by atomic mass is 15.1. The lowest BCUT2D eigenvalue weighted by atomic mass is 10.0. The third-order valence-corrected chi connectivity index (χ3v) is 11.1. The maximum absolute atomic E-state index is 2.41. The van der Waals surface area contributed by atoms with Crippen LogP contribution in [-0.4, -0.2) is 9.13 Å². The number of aromatic nitrogens is 2. The number of rotatable bonds is 6. The molecule has 0 N–H and O–H groups in total. The molecule has 0 saturated heterocycles. The fraction of sp³-hybridized carbons (Fsp3) is 0. The summed E-state index contributed by atoms with van der Waals surface area (Å²) in [5.41, 5.74) is 12.9. The third-order valence-electron chi connectivity index (χ3n) is 11.1. The van der Waals surface area contributed by atoms with Crippen molar-refractivity contribution in [2.24, 2.45) is 0 Å². The topological polar surface area (TPSA) is 13.1 Å². The van der Waals surface area contributed by atoms with Gasteiger partial charge in [-0.05, 0) is 101 Å². The molecular formula is C52H35N3. The molecule has 0 radical (unpaired) electrons. The van der Waals surface area contributed by atoms with Crippen LogP contribution >= 0.6 is 0 Å². The van der Waals surface area contributed by atoms with E-state index in [9.17, 15) is 0 Å². The van der Waals surface area contributed by atoms with Crippen molar-refractivity contribution in [1.82, 2.24) is 9.13 Å². The average molecular weight is 702 g/mol. The smallest absolute Gasteiger partial charge is 0.0542 e. The van der Waals surface area contributed by atoms with E-state index in [1.54, 1.807) is 0 Å². The van der Waals surface area contributed by atoms with Gasteiger partial charge in [-0.1, -0.05) is 127 Å². The molecule has 0 aliphatic heterocycles. The summed E-state index contributed by atoms with van der Waals surface area (Å²) in [6.07, 6.45) is 0. The van der Waals surface area contributed by atoms with Crippen LogP contribution in [0, 0.1) is 0 Å².